The Bertz CT molecular complexity index is 526. The lowest BCUT2D eigenvalue weighted by molar-refractivity contribution is -0.117. The van der Waals surface area contributed by atoms with E-state index in [0.717, 1.165) is 38.0 Å². The number of carboxylic acids is 1. The van der Waals surface area contributed by atoms with Gasteiger partial charge in [0.15, 0.2) is 0 Å². The first-order chi connectivity index (χ1) is 10.1. The zero-order valence-corrected chi connectivity index (χ0v) is 11.6. The summed E-state index contributed by atoms with van der Waals surface area (Å²) in [6.07, 6.45) is 4.06. The van der Waals surface area contributed by atoms with Crippen molar-refractivity contribution < 1.29 is 23.8 Å². The Morgan fingerprint density at radius 1 is 1.38 bits per heavy atom. The standard InChI is InChI=1S/C15H18FNO4/c16-10-4-6-13(12(9-10)15(19)20)17-14(18)7-5-11-3-1-2-8-21-11/h4,6,9,11H,1-3,5,7-8H2,(H,17,18)(H,19,20). The molecule has 1 unspecified atom stereocenters. The molecule has 1 aromatic rings. The molecule has 2 N–H and O–H groups in total. The Balaban J connectivity index is 1.91. The first kappa shape index (κ1) is 15.4. The maximum atomic E-state index is 13.0. The minimum Gasteiger partial charge on any atom is -0.478 e. The number of aromatic carboxylic acids is 1. The van der Waals surface area contributed by atoms with Crippen LogP contribution in [0.25, 0.3) is 0 Å². The largest absolute Gasteiger partial charge is 0.478 e. The highest BCUT2D eigenvalue weighted by atomic mass is 19.1. The quantitative estimate of drug-likeness (QED) is 0.876. The molecule has 0 bridgehead atoms. The van der Waals surface area contributed by atoms with Gasteiger partial charge < -0.3 is 15.2 Å². The number of halogens is 1. The average molecular weight is 295 g/mol. The molecule has 1 amide bonds. The topological polar surface area (TPSA) is 75.6 Å². The van der Waals surface area contributed by atoms with Crippen molar-refractivity contribution in [3.05, 3.63) is 29.6 Å². The van der Waals surface area contributed by atoms with Gasteiger partial charge in [0.1, 0.15) is 5.82 Å². The number of amides is 1. The van der Waals surface area contributed by atoms with Crippen molar-refractivity contribution in [3.8, 4) is 0 Å². The summed E-state index contributed by atoms with van der Waals surface area (Å²) in [4.78, 5) is 22.9. The van der Waals surface area contributed by atoms with Crippen molar-refractivity contribution in [2.75, 3.05) is 11.9 Å². The third kappa shape index (κ3) is 4.53. The van der Waals surface area contributed by atoms with Crippen LogP contribution >= 0.6 is 0 Å². The van der Waals surface area contributed by atoms with Gasteiger partial charge in [-0.1, -0.05) is 0 Å². The fraction of sp³-hybridized carbons (Fsp3) is 0.467. The number of carbonyl (C=O) groups excluding carboxylic acids is 1. The molecule has 1 atom stereocenters. The SMILES string of the molecule is O=C(CCC1CCCCO1)Nc1ccc(F)cc1C(=O)O. The van der Waals surface area contributed by atoms with E-state index < -0.39 is 11.8 Å². The molecule has 1 aromatic carbocycles. The van der Waals surface area contributed by atoms with Crippen molar-refractivity contribution >= 4 is 17.6 Å². The normalized spacial score (nSPS) is 18.2. The van der Waals surface area contributed by atoms with Crippen LogP contribution in [-0.2, 0) is 9.53 Å². The van der Waals surface area contributed by atoms with E-state index in [2.05, 4.69) is 5.32 Å². The van der Waals surface area contributed by atoms with Crippen molar-refractivity contribution in [2.45, 2.75) is 38.2 Å². The fourth-order valence-electron chi connectivity index (χ4n) is 2.34. The van der Waals surface area contributed by atoms with E-state index in [0.29, 0.717) is 6.42 Å². The Kier molecular flexibility index (Phi) is 5.27. The molecule has 0 radical (unpaired) electrons. The monoisotopic (exact) mass is 295 g/mol. The highest BCUT2D eigenvalue weighted by Gasteiger charge is 2.17. The van der Waals surface area contributed by atoms with Crippen molar-refractivity contribution in [1.29, 1.82) is 0 Å². The van der Waals surface area contributed by atoms with E-state index in [-0.39, 0.29) is 29.7 Å². The van der Waals surface area contributed by atoms with E-state index in [4.69, 9.17) is 9.84 Å². The summed E-state index contributed by atoms with van der Waals surface area (Å²) >= 11 is 0. The van der Waals surface area contributed by atoms with Gasteiger partial charge in [0.25, 0.3) is 0 Å². The van der Waals surface area contributed by atoms with Crippen LogP contribution in [0, 0.1) is 5.82 Å². The number of carboxylic acid groups (broad SMARTS) is 1. The summed E-state index contributed by atoms with van der Waals surface area (Å²) < 4.78 is 18.6. The zero-order chi connectivity index (χ0) is 15.2. The van der Waals surface area contributed by atoms with Gasteiger partial charge in [-0.05, 0) is 43.9 Å². The lowest BCUT2D eigenvalue weighted by Gasteiger charge is -2.22. The molecule has 0 saturated carbocycles. The zero-order valence-electron chi connectivity index (χ0n) is 11.6. The molecular weight excluding hydrogens is 277 g/mol. The van der Waals surface area contributed by atoms with Crippen LogP contribution < -0.4 is 5.32 Å². The number of rotatable bonds is 5. The predicted octanol–water partition coefficient (Wildman–Crippen LogP) is 2.81. The smallest absolute Gasteiger partial charge is 0.337 e. The van der Waals surface area contributed by atoms with E-state index in [9.17, 15) is 14.0 Å². The molecule has 21 heavy (non-hydrogen) atoms. The first-order valence-electron chi connectivity index (χ1n) is 7.00. The van der Waals surface area contributed by atoms with Crippen LogP contribution in [0.5, 0.6) is 0 Å². The second kappa shape index (κ2) is 7.17. The van der Waals surface area contributed by atoms with Gasteiger partial charge in [-0.2, -0.15) is 0 Å². The van der Waals surface area contributed by atoms with E-state index in [1.807, 2.05) is 0 Å². The van der Waals surface area contributed by atoms with Crippen molar-refractivity contribution in [2.24, 2.45) is 0 Å². The van der Waals surface area contributed by atoms with Gasteiger partial charge >= 0.3 is 5.97 Å². The molecule has 1 aliphatic rings. The third-order valence-corrected chi connectivity index (χ3v) is 3.45. The van der Waals surface area contributed by atoms with Crippen LogP contribution in [0.1, 0.15) is 42.5 Å². The summed E-state index contributed by atoms with van der Waals surface area (Å²) in [5.41, 5.74) is -0.143. The Labute approximate surface area is 122 Å². The molecule has 0 aliphatic carbocycles. The van der Waals surface area contributed by atoms with Crippen LogP contribution in [0.4, 0.5) is 10.1 Å². The second-order valence-corrected chi connectivity index (χ2v) is 5.07. The van der Waals surface area contributed by atoms with E-state index >= 15 is 0 Å². The molecule has 2 rings (SSSR count). The molecule has 1 fully saturated rings. The highest BCUT2D eigenvalue weighted by Crippen LogP contribution is 2.20. The Hall–Kier alpha value is -1.95. The predicted molar refractivity (Wildman–Crippen MR) is 74.8 cm³/mol. The molecule has 0 spiro atoms. The summed E-state index contributed by atoms with van der Waals surface area (Å²) in [7, 11) is 0. The van der Waals surface area contributed by atoms with Gasteiger partial charge in [-0.25, -0.2) is 9.18 Å². The summed E-state index contributed by atoms with van der Waals surface area (Å²) in [6.45, 7) is 0.730. The van der Waals surface area contributed by atoms with E-state index in [1.165, 1.54) is 6.07 Å². The summed E-state index contributed by atoms with van der Waals surface area (Å²) in [6, 6.07) is 3.27. The number of hydrogen-bond donors (Lipinski definition) is 2. The summed E-state index contributed by atoms with van der Waals surface area (Å²) in [5, 5.41) is 11.5. The minimum atomic E-state index is -1.28. The highest BCUT2D eigenvalue weighted by molar-refractivity contribution is 6.00. The number of benzene rings is 1. The van der Waals surface area contributed by atoms with Gasteiger partial charge in [-0.15, -0.1) is 0 Å². The van der Waals surface area contributed by atoms with Gasteiger partial charge in [-0.3, -0.25) is 4.79 Å². The van der Waals surface area contributed by atoms with Gasteiger partial charge in [0.05, 0.1) is 17.4 Å². The fourth-order valence-corrected chi connectivity index (χ4v) is 2.34. The minimum absolute atomic E-state index is 0.0941. The van der Waals surface area contributed by atoms with E-state index in [1.54, 1.807) is 0 Å². The molecular formula is C15H18FNO4. The number of anilines is 1. The molecule has 1 aliphatic heterocycles. The average Bonchev–Trinajstić information content (AvgIpc) is 2.48. The first-order valence-corrected chi connectivity index (χ1v) is 7.00. The molecule has 6 heteroatoms. The van der Waals surface area contributed by atoms with Crippen LogP contribution in [0.3, 0.4) is 0 Å². The van der Waals surface area contributed by atoms with Crippen LogP contribution in [0.2, 0.25) is 0 Å². The third-order valence-electron chi connectivity index (χ3n) is 3.45. The summed E-state index contributed by atoms with van der Waals surface area (Å²) in [5.74, 6) is -2.22. The van der Waals surface area contributed by atoms with Gasteiger partial charge in [0, 0.05) is 13.0 Å². The Morgan fingerprint density at radius 3 is 2.86 bits per heavy atom. The number of hydrogen-bond acceptors (Lipinski definition) is 3. The molecule has 1 saturated heterocycles. The maximum absolute atomic E-state index is 13.0. The number of nitrogens with one attached hydrogen (secondary N) is 1. The molecule has 1 heterocycles. The maximum Gasteiger partial charge on any atom is 0.337 e. The lowest BCUT2D eigenvalue weighted by Crippen LogP contribution is -2.22. The molecule has 114 valence electrons. The number of carbonyl (C=O) groups is 2. The van der Waals surface area contributed by atoms with Crippen LogP contribution in [0.15, 0.2) is 18.2 Å². The van der Waals surface area contributed by atoms with Crippen molar-refractivity contribution in [3.63, 3.8) is 0 Å². The molecule has 5 nitrogen and oxygen atoms in total. The van der Waals surface area contributed by atoms with Crippen LogP contribution in [-0.4, -0.2) is 29.7 Å². The lowest BCUT2D eigenvalue weighted by atomic mass is 10.0. The van der Waals surface area contributed by atoms with Gasteiger partial charge in [0.2, 0.25) is 5.91 Å². The molecule has 0 aromatic heterocycles. The Morgan fingerprint density at radius 2 is 2.19 bits per heavy atom. The number of ether oxygens (including phenoxy) is 1. The van der Waals surface area contributed by atoms with Crippen molar-refractivity contribution in [1.82, 2.24) is 0 Å². The second-order valence-electron chi connectivity index (χ2n) is 5.07.